The minimum absolute atomic E-state index is 0.00302. The molecule has 31 heavy (non-hydrogen) atoms. The van der Waals surface area contributed by atoms with E-state index in [4.69, 9.17) is 0 Å². The maximum Gasteiger partial charge on any atom is 0.411 e. The molecule has 10 heteroatoms. The second-order valence-corrected chi connectivity index (χ2v) is 7.18. The number of amides is 2. The van der Waals surface area contributed by atoms with Gasteiger partial charge in [0.25, 0.3) is 0 Å². The topological polar surface area (TPSA) is 58.6 Å². The number of alkyl halides is 3. The molecule has 0 aromatic heterocycles. The van der Waals surface area contributed by atoms with Crippen molar-refractivity contribution in [3.05, 3.63) is 65.2 Å². The summed E-state index contributed by atoms with van der Waals surface area (Å²) >= 11 is 0. The van der Waals surface area contributed by atoms with Crippen molar-refractivity contribution in [2.75, 3.05) is 18.1 Å². The van der Waals surface area contributed by atoms with Crippen molar-refractivity contribution in [2.45, 2.75) is 25.7 Å². The minimum Gasteiger partial charge on any atom is -0.367 e. The number of ether oxygens (including phenoxy) is 1. The number of carbonyl (C=O) groups is 2. The molecule has 0 aliphatic carbocycles. The van der Waals surface area contributed by atoms with Gasteiger partial charge in [0, 0.05) is 31.3 Å². The highest BCUT2D eigenvalue weighted by atomic mass is 19.4. The molecule has 2 aromatic carbocycles. The molecule has 2 aromatic rings. The van der Waals surface area contributed by atoms with Gasteiger partial charge in [-0.15, -0.1) is 0 Å². The van der Waals surface area contributed by atoms with Crippen LogP contribution in [0, 0.1) is 17.6 Å². The van der Waals surface area contributed by atoms with E-state index < -0.39 is 36.2 Å². The van der Waals surface area contributed by atoms with E-state index in [2.05, 4.69) is 10.1 Å². The van der Waals surface area contributed by atoms with Crippen LogP contribution in [-0.2, 0) is 27.5 Å². The molecule has 1 aliphatic heterocycles. The molecule has 5 nitrogen and oxygen atoms in total. The van der Waals surface area contributed by atoms with Crippen molar-refractivity contribution >= 4 is 17.5 Å². The van der Waals surface area contributed by atoms with Gasteiger partial charge in [-0.25, -0.2) is 8.78 Å². The zero-order valence-electron chi connectivity index (χ0n) is 16.2. The third kappa shape index (κ3) is 6.48. The van der Waals surface area contributed by atoms with E-state index in [-0.39, 0.29) is 37.7 Å². The van der Waals surface area contributed by atoms with Crippen molar-refractivity contribution in [1.29, 1.82) is 0 Å². The summed E-state index contributed by atoms with van der Waals surface area (Å²) in [5, 5.41) is 2.69. The Balaban J connectivity index is 1.50. The molecule has 1 heterocycles. The summed E-state index contributed by atoms with van der Waals surface area (Å²) in [4.78, 5) is 25.8. The van der Waals surface area contributed by atoms with Crippen LogP contribution in [0.15, 0.2) is 42.5 Å². The molecule has 1 saturated heterocycles. The van der Waals surface area contributed by atoms with Gasteiger partial charge in [0.15, 0.2) is 0 Å². The highest BCUT2D eigenvalue weighted by molar-refractivity contribution is 6.00. The van der Waals surface area contributed by atoms with Crippen molar-refractivity contribution in [2.24, 2.45) is 5.92 Å². The van der Waals surface area contributed by atoms with Crippen molar-refractivity contribution in [1.82, 2.24) is 5.32 Å². The van der Waals surface area contributed by atoms with Crippen LogP contribution in [0.1, 0.15) is 17.5 Å². The van der Waals surface area contributed by atoms with E-state index in [0.29, 0.717) is 17.2 Å². The molecule has 166 valence electrons. The lowest BCUT2D eigenvalue weighted by Crippen LogP contribution is -2.32. The molecule has 3 rings (SSSR count). The number of rotatable bonds is 7. The van der Waals surface area contributed by atoms with Gasteiger partial charge in [-0.05, 0) is 23.3 Å². The van der Waals surface area contributed by atoms with Gasteiger partial charge in [0.05, 0.1) is 12.5 Å². The van der Waals surface area contributed by atoms with Gasteiger partial charge in [-0.1, -0.05) is 24.3 Å². The summed E-state index contributed by atoms with van der Waals surface area (Å²) in [5.74, 6) is -3.10. The quantitative estimate of drug-likeness (QED) is 0.666. The second kappa shape index (κ2) is 9.42. The molecule has 0 radical (unpaired) electrons. The third-order valence-electron chi connectivity index (χ3n) is 4.68. The highest BCUT2D eigenvalue weighted by Crippen LogP contribution is 2.26. The standard InChI is InChI=1S/C21H19F5N2O3/c22-16-6-17(23)8-18(7-16)28-10-15(5-19(28)29)20(30)27-9-13-1-3-14(4-2-13)11-31-12-21(24,25)26/h1-4,6-8,15H,5,9-12H2,(H,27,30). The third-order valence-corrected chi connectivity index (χ3v) is 4.68. The first-order chi connectivity index (χ1) is 14.6. The van der Waals surface area contributed by atoms with Gasteiger partial charge < -0.3 is 15.0 Å². The molecule has 0 saturated carbocycles. The fourth-order valence-electron chi connectivity index (χ4n) is 3.20. The summed E-state index contributed by atoms with van der Waals surface area (Å²) in [6.07, 6.45) is -4.47. The molecular formula is C21H19F5N2O3. The molecule has 1 N–H and O–H groups in total. The van der Waals surface area contributed by atoms with Crippen LogP contribution in [0.4, 0.5) is 27.6 Å². The first-order valence-corrected chi connectivity index (χ1v) is 9.37. The maximum absolute atomic E-state index is 13.4. The number of nitrogens with zero attached hydrogens (tertiary/aromatic N) is 1. The summed E-state index contributed by atoms with van der Waals surface area (Å²) < 4.78 is 67.6. The fourth-order valence-corrected chi connectivity index (χ4v) is 3.20. The van der Waals surface area contributed by atoms with E-state index in [1.807, 2.05) is 0 Å². The van der Waals surface area contributed by atoms with Gasteiger partial charge >= 0.3 is 6.18 Å². The molecule has 1 atom stereocenters. The van der Waals surface area contributed by atoms with Crippen LogP contribution in [0.3, 0.4) is 0 Å². The Morgan fingerprint density at radius 3 is 2.29 bits per heavy atom. The number of hydrogen-bond donors (Lipinski definition) is 1. The summed E-state index contributed by atoms with van der Waals surface area (Å²) in [5.41, 5.74) is 1.32. The van der Waals surface area contributed by atoms with Crippen LogP contribution in [-0.4, -0.2) is 31.1 Å². The SMILES string of the molecule is O=C(NCc1ccc(COCC(F)(F)F)cc1)C1CC(=O)N(c2cc(F)cc(F)c2)C1. The van der Waals surface area contributed by atoms with Gasteiger partial charge in [-0.3, -0.25) is 9.59 Å². The average Bonchev–Trinajstić information content (AvgIpc) is 3.07. The van der Waals surface area contributed by atoms with Crippen molar-refractivity contribution in [3.8, 4) is 0 Å². The predicted octanol–water partition coefficient (Wildman–Crippen LogP) is 3.71. The summed E-state index contributed by atoms with van der Waals surface area (Å²) in [7, 11) is 0. The van der Waals surface area contributed by atoms with Gasteiger partial charge in [0.1, 0.15) is 18.2 Å². The number of carbonyl (C=O) groups excluding carboxylic acids is 2. The average molecular weight is 442 g/mol. The Morgan fingerprint density at radius 1 is 1.06 bits per heavy atom. The maximum atomic E-state index is 13.4. The zero-order valence-corrected chi connectivity index (χ0v) is 16.2. The number of hydrogen-bond acceptors (Lipinski definition) is 3. The van der Waals surface area contributed by atoms with Gasteiger partial charge in [0.2, 0.25) is 11.8 Å². The van der Waals surface area contributed by atoms with E-state index in [1.54, 1.807) is 24.3 Å². The monoisotopic (exact) mass is 442 g/mol. The molecular weight excluding hydrogens is 423 g/mol. The Labute approximate surface area is 174 Å². The first kappa shape index (κ1) is 22.7. The fraction of sp³-hybridized carbons (Fsp3) is 0.333. The zero-order chi connectivity index (χ0) is 22.6. The number of nitrogens with one attached hydrogen (secondary N) is 1. The Morgan fingerprint density at radius 2 is 1.68 bits per heavy atom. The lowest BCUT2D eigenvalue weighted by Gasteiger charge is -2.17. The Hall–Kier alpha value is -3.01. The van der Waals surface area contributed by atoms with E-state index in [1.165, 1.54) is 4.90 Å². The first-order valence-electron chi connectivity index (χ1n) is 9.37. The molecule has 1 aliphatic rings. The lowest BCUT2D eigenvalue weighted by molar-refractivity contribution is -0.176. The molecule has 0 bridgehead atoms. The molecule has 1 fully saturated rings. The smallest absolute Gasteiger partial charge is 0.367 e. The van der Waals surface area contributed by atoms with Crippen LogP contribution in [0.25, 0.3) is 0 Å². The van der Waals surface area contributed by atoms with Crippen LogP contribution < -0.4 is 10.2 Å². The minimum atomic E-state index is -4.38. The predicted molar refractivity (Wildman–Crippen MR) is 101 cm³/mol. The highest BCUT2D eigenvalue weighted by Gasteiger charge is 2.35. The van der Waals surface area contributed by atoms with Gasteiger partial charge in [-0.2, -0.15) is 13.2 Å². The molecule has 0 spiro atoms. The second-order valence-electron chi connectivity index (χ2n) is 7.18. The normalized spacial score (nSPS) is 16.6. The van der Waals surface area contributed by atoms with E-state index >= 15 is 0 Å². The summed E-state index contributed by atoms with van der Waals surface area (Å²) in [6.45, 7) is -1.36. The Bertz CT molecular complexity index is 927. The number of benzene rings is 2. The number of anilines is 1. The van der Waals surface area contributed by atoms with Crippen molar-refractivity contribution < 1.29 is 36.3 Å². The van der Waals surface area contributed by atoms with Crippen LogP contribution in [0.2, 0.25) is 0 Å². The van der Waals surface area contributed by atoms with E-state index in [0.717, 1.165) is 12.1 Å². The lowest BCUT2D eigenvalue weighted by atomic mass is 10.1. The van der Waals surface area contributed by atoms with Crippen molar-refractivity contribution in [3.63, 3.8) is 0 Å². The summed E-state index contributed by atoms with van der Waals surface area (Å²) in [6, 6.07) is 9.24. The molecule has 1 unspecified atom stereocenters. The number of halogens is 5. The van der Waals surface area contributed by atoms with Crippen LogP contribution >= 0.6 is 0 Å². The largest absolute Gasteiger partial charge is 0.411 e. The molecule has 2 amide bonds. The van der Waals surface area contributed by atoms with Crippen LogP contribution in [0.5, 0.6) is 0 Å². The Kier molecular flexibility index (Phi) is 6.89. The van der Waals surface area contributed by atoms with E-state index in [9.17, 15) is 31.5 Å².